The molecule has 170 valence electrons. The third-order valence-electron chi connectivity index (χ3n) is 4.49. The summed E-state index contributed by atoms with van der Waals surface area (Å²) in [6.45, 7) is 7.28. The van der Waals surface area contributed by atoms with Crippen molar-refractivity contribution in [3.63, 3.8) is 0 Å². The number of nitrogens with zero attached hydrogens (tertiary/aromatic N) is 2. The van der Waals surface area contributed by atoms with Crippen LogP contribution in [0.25, 0.3) is 0 Å². The highest BCUT2D eigenvalue weighted by molar-refractivity contribution is 7.92. The van der Waals surface area contributed by atoms with Crippen LogP contribution in [0.15, 0.2) is 46.2 Å². The number of hydrogen-bond acceptors (Lipinski definition) is 7. The van der Waals surface area contributed by atoms with Crippen molar-refractivity contribution < 1.29 is 26.5 Å². The van der Waals surface area contributed by atoms with Gasteiger partial charge in [-0.05, 0) is 37.6 Å². The number of nitro groups is 1. The lowest BCUT2D eigenvalue weighted by Gasteiger charge is -2.21. The van der Waals surface area contributed by atoms with Gasteiger partial charge in [0.05, 0.1) is 22.1 Å². The molecule has 0 saturated carbocycles. The SMILES string of the molecule is CCOc1ccc(NS(=O)(=O)c2cc([N+](=O)[O-])ccc2C)cc1S(=O)(=O)N(CC)CC. The number of anilines is 1. The number of hydrogen-bond donors (Lipinski definition) is 1. The molecule has 2 aromatic carbocycles. The Labute approximate surface area is 182 Å². The highest BCUT2D eigenvalue weighted by Gasteiger charge is 2.27. The number of sulfonamides is 2. The second-order valence-corrected chi connectivity index (χ2v) is 10.1. The average Bonchev–Trinajstić information content (AvgIpc) is 2.69. The van der Waals surface area contributed by atoms with Crippen LogP contribution in [0.5, 0.6) is 5.75 Å². The summed E-state index contributed by atoms with van der Waals surface area (Å²) in [5, 5.41) is 11.0. The van der Waals surface area contributed by atoms with Crippen molar-refractivity contribution in [1.29, 1.82) is 0 Å². The standard InChI is InChI=1S/C19H25N3O7S2/c1-5-21(6-2)31(27,28)19-12-15(9-11-17(19)29-7-3)20-30(25,26)18-13-16(22(23)24)10-8-14(18)4/h8-13,20H,5-7H2,1-4H3. The molecular formula is C19H25N3O7S2. The quantitative estimate of drug-likeness (QED) is 0.415. The van der Waals surface area contributed by atoms with Crippen LogP contribution in [0.4, 0.5) is 11.4 Å². The topological polar surface area (TPSA) is 136 Å². The van der Waals surface area contributed by atoms with Crippen LogP contribution in [0.1, 0.15) is 26.3 Å². The van der Waals surface area contributed by atoms with Gasteiger partial charge in [-0.25, -0.2) is 16.8 Å². The molecule has 0 amide bonds. The number of ether oxygens (including phenoxy) is 1. The molecule has 12 heteroatoms. The van der Waals surface area contributed by atoms with Crippen LogP contribution in [0.3, 0.4) is 0 Å². The number of aryl methyl sites for hydroxylation is 1. The lowest BCUT2D eigenvalue weighted by atomic mass is 10.2. The van der Waals surface area contributed by atoms with Crippen LogP contribution in [-0.4, -0.2) is 45.8 Å². The van der Waals surface area contributed by atoms with Gasteiger partial charge in [0.15, 0.2) is 0 Å². The second kappa shape index (κ2) is 9.62. The van der Waals surface area contributed by atoms with Gasteiger partial charge in [0, 0.05) is 25.2 Å². The van der Waals surface area contributed by atoms with Crippen molar-refractivity contribution in [2.75, 3.05) is 24.4 Å². The summed E-state index contributed by atoms with van der Waals surface area (Å²) in [4.78, 5) is 9.89. The Kier molecular flexibility index (Phi) is 7.63. The molecule has 0 aliphatic heterocycles. The number of rotatable bonds is 10. The molecule has 0 atom stereocenters. The largest absolute Gasteiger partial charge is 0.492 e. The van der Waals surface area contributed by atoms with E-state index in [4.69, 9.17) is 4.74 Å². The fourth-order valence-corrected chi connectivity index (χ4v) is 5.88. The minimum Gasteiger partial charge on any atom is -0.492 e. The summed E-state index contributed by atoms with van der Waals surface area (Å²) >= 11 is 0. The maximum absolute atomic E-state index is 13.0. The Hall–Kier alpha value is -2.70. The predicted octanol–water partition coefficient (Wildman–Crippen LogP) is 3.13. The predicted molar refractivity (Wildman–Crippen MR) is 116 cm³/mol. The maximum Gasteiger partial charge on any atom is 0.270 e. The van der Waals surface area contributed by atoms with E-state index in [9.17, 15) is 26.9 Å². The first-order valence-corrected chi connectivity index (χ1v) is 12.4. The molecule has 0 aliphatic rings. The van der Waals surface area contributed by atoms with Gasteiger partial charge in [-0.3, -0.25) is 14.8 Å². The fraction of sp³-hybridized carbons (Fsp3) is 0.368. The van der Waals surface area contributed by atoms with Crippen LogP contribution < -0.4 is 9.46 Å². The highest BCUT2D eigenvalue weighted by atomic mass is 32.2. The summed E-state index contributed by atoms with van der Waals surface area (Å²) in [7, 11) is -8.16. The summed E-state index contributed by atoms with van der Waals surface area (Å²) in [6, 6.07) is 7.43. The van der Waals surface area contributed by atoms with Crippen LogP contribution in [-0.2, 0) is 20.0 Å². The summed E-state index contributed by atoms with van der Waals surface area (Å²) < 4.78 is 60.8. The van der Waals surface area contributed by atoms with Gasteiger partial charge in [-0.2, -0.15) is 4.31 Å². The van der Waals surface area contributed by atoms with E-state index in [0.29, 0.717) is 5.56 Å². The van der Waals surface area contributed by atoms with Gasteiger partial charge in [-0.15, -0.1) is 0 Å². The molecule has 0 radical (unpaired) electrons. The minimum absolute atomic E-state index is 0.0138. The first kappa shape index (κ1) is 24.6. The van der Waals surface area contributed by atoms with Crippen molar-refractivity contribution in [1.82, 2.24) is 4.31 Å². The molecular weight excluding hydrogens is 446 g/mol. The Balaban J connectivity index is 2.56. The van der Waals surface area contributed by atoms with Gasteiger partial charge in [-0.1, -0.05) is 19.9 Å². The second-order valence-electron chi connectivity index (χ2n) is 6.50. The molecule has 2 aromatic rings. The first-order valence-electron chi connectivity index (χ1n) is 9.52. The van der Waals surface area contributed by atoms with Crippen molar-refractivity contribution in [2.24, 2.45) is 0 Å². The van der Waals surface area contributed by atoms with E-state index in [1.807, 2.05) is 0 Å². The fourth-order valence-electron chi connectivity index (χ4n) is 2.95. The molecule has 0 aromatic heterocycles. The summed E-state index contributed by atoms with van der Waals surface area (Å²) in [6.07, 6.45) is 0. The van der Waals surface area contributed by atoms with Gasteiger partial charge in [0.1, 0.15) is 10.6 Å². The minimum atomic E-state index is -4.22. The average molecular weight is 472 g/mol. The van der Waals surface area contributed by atoms with Crippen LogP contribution in [0, 0.1) is 17.0 Å². The smallest absolute Gasteiger partial charge is 0.270 e. The Morgan fingerprint density at radius 2 is 1.65 bits per heavy atom. The van der Waals surface area contributed by atoms with Gasteiger partial charge >= 0.3 is 0 Å². The van der Waals surface area contributed by atoms with E-state index in [1.165, 1.54) is 41.6 Å². The normalized spacial score (nSPS) is 12.0. The maximum atomic E-state index is 13.0. The molecule has 0 heterocycles. The molecule has 31 heavy (non-hydrogen) atoms. The number of nitro benzene ring substituents is 1. The molecule has 0 unspecified atom stereocenters. The Morgan fingerprint density at radius 3 is 2.19 bits per heavy atom. The Morgan fingerprint density at radius 1 is 1.00 bits per heavy atom. The molecule has 0 aliphatic carbocycles. The zero-order chi connectivity index (χ0) is 23.4. The molecule has 1 N–H and O–H groups in total. The Bertz CT molecular complexity index is 1170. The zero-order valence-electron chi connectivity index (χ0n) is 17.7. The molecule has 0 bridgehead atoms. The third-order valence-corrected chi connectivity index (χ3v) is 8.09. The molecule has 0 fully saturated rings. The molecule has 0 spiro atoms. The summed E-state index contributed by atoms with van der Waals surface area (Å²) in [5.74, 6) is 0.101. The van der Waals surface area contributed by atoms with Crippen LogP contribution >= 0.6 is 0 Å². The van der Waals surface area contributed by atoms with Crippen molar-refractivity contribution in [3.8, 4) is 5.75 Å². The number of benzene rings is 2. The first-order chi connectivity index (χ1) is 14.5. The number of non-ortho nitro benzene ring substituents is 1. The van der Waals surface area contributed by atoms with E-state index in [2.05, 4.69) is 4.72 Å². The van der Waals surface area contributed by atoms with Crippen molar-refractivity contribution in [3.05, 3.63) is 52.1 Å². The summed E-state index contributed by atoms with van der Waals surface area (Å²) in [5.41, 5.74) is -0.0809. The van der Waals surface area contributed by atoms with E-state index >= 15 is 0 Å². The van der Waals surface area contributed by atoms with E-state index < -0.39 is 25.0 Å². The zero-order valence-corrected chi connectivity index (χ0v) is 19.3. The van der Waals surface area contributed by atoms with E-state index in [0.717, 1.165) is 6.07 Å². The van der Waals surface area contributed by atoms with E-state index in [1.54, 1.807) is 20.8 Å². The monoisotopic (exact) mass is 471 g/mol. The van der Waals surface area contributed by atoms with Gasteiger partial charge < -0.3 is 4.74 Å². The third kappa shape index (κ3) is 5.32. The lowest BCUT2D eigenvalue weighted by Crippen LogP contribution is -2.31. The van der Waals surface area contributed by atoms with Crippen molar-refractivity contribution >= 4 is 31.4 Å². The van der Waals surface area contributed by atoms with E-state index in [-0.39, 0.29) is 46.6 Å². The highest BCUT2D eigenvalue weighted by Crippen LogP contribution is 2.31. The van der Waals surface area contributed by atoms with Gasteiger partial charge in [0.2, 0.25) is 10.0 Å². The van der Waals surface area contributed by atoms with Gasteiger partial charge in [0.25, 0.3) is 15.7 Å². The van der Waals surface area contributed by atoms with Crippen LogP contribution in [0.2, 0.25) is 0 Å². The van der Waals surface area contributed by atoms with Crippen molar-refractivity contribution in [2.45, 2.75) is 37.5 Å². The number of nitrogens with one attached hydrogen (secondary N) is 1. The molecule has 10 nitrogen and oxygen atoms in total. The molecule has 2 rings (SSSR count). The molecule has 0 saturated heterocycles. The lowest BCUT2D eigenvalue weighted by molar-refractivity contribution is -0.385.